The fourth-order valence-electron chi connectivity index (χ4n) is 1.81. The van der Waals surface area contributed by atoms with Crippen molar-refractivity contribution >= 4 is 21.4 Å². The molecule has 0 saturated carbocycles. The summed E-state index contributed by atoms with van der Waals surface area (Å²) in [6.07, 6.45) is -0.264. The molecule has 6 nitrogen and oxygen atoms in total. The maximum absolute atomic E-state index is 12.2. The lowest BCUT2D eigenvalue weighted by atomic mass is 10.2. The van der Waals surface area contributed by atoms with Crippen molar-refractivity contribution in [3.63, 3.8) is 0 Å². The van der Waals surface area contributed by atoms with Crippen LogP contribution >= 0.6 is 0 Å². The summed E-state index contributed by atoms with van der Waals surface area (Å²) >= 11 is 0. The summed E-state index contributed by atoms with van der Waals surface area (Å²) in [6, 6.07) is 6.55. The molecule has 0 saturated heterocycles. The summed E-state index contributed by atoms with van der Waals surface area (Å²) in [7, 11) is -3.52. The molecule has 0 aromatic heterocycles. The van der Waals surface area contributed by atoms with Crippen LogP contribution in [0.15, 0.2) is 29.2 Å². The third-order valence-corrected chi connectivity index (χ3v) is 4.87. The summed E-state index contributed by atoms with van der Waals surface area (Å²) in [6.45, 7) is 0.159. The van der Waals surface area contributed by atoms with Gasteiger partial charge in [0.15, 0.2) is 9.84 Å². The highest BCUT2D eigenvalue weighted by Gasteiger charge is 2.34. The highest BCUT2D eigenvalue weighted by atomic mass is 32.2. The first-order valence-corrected chi connectivity index (χ1v) is 6.60. The molecular weight excluding hydrogens is 244 g/mol. The van der Waals surface area contributed by atoms with Gasteiger partial charge in [0.05, 0.1) is 15.8 Å². The lowest BCUT2D eigenvalue weighted by Gasteiger charge is -2.25. The number of hydroxylamine groups is 1. The minimum absolute atomic E-state index is 0.159. The van der Waals surface area contributed by atoms with Gasteiger partial charge in [0.25, 0.3) is 0 Å². The Hall–Kier alpha value is -1.60. The van der Waals surface area contributed by atoms with E-state index in [-0.39, 0.29) is 17.9 Å². The van der Waals surface area contributed by atoms with Crippen molar-refractivity contribution in [3.8, 4) is 0 Å². The summed E-state index contributed by atoms with van der Waals surface area (Å²) in [4.78, 5) is 11.2. The van der Waals surface area contributed by atoms with E-state index < -0.39 is 21.0 Å². The molecule has 1 atom stereocenters. The molecule has 1 aromatic rings. The van der Waals surface area contributed by atoms with Gasteiger partial charge in [0, 0.05) is 13.0 Å². The number of hydrogen-bond acceptors (Lipinski definition) is 5. The first kappa shape index (κ1) is 11.9. The molecule has 1 unspecified atom stereocenters. The zero-order valence-corrected chi connectivity index (χ0v) is 9.70. The van der Waals surface area contributed by atoms with Crippen LogP contribution in [0, 0.1) is 0 Å². The molecule has 1 heterocycles. The largest absolute Gasteiger partial charge is 0.383 e. The van der Waals surface area contributed by atoms with Crippen molar-refractivity contribution in [2.45, 2.75) is 16.6 Å². The number of fused-ring (bicyclic) bond motifs is 1. The van der Waals surface area contributed by atoms with Gasteiger partial charge in [0.2, 0.25) is 5.91 Å². The lowest BCUT2D eigenvalue weighted by molar-refractivity contribution is -0.129. The first-order valence-electron chi connectivity index (χ1n) is 5.05. The zero-order valence-electron chi connectivity index (χ0n) is 8.88. The standard InChI is InChI=1S/C10H12N2O4S/c13-10(12-14)5-7-6-11-8-3-1-2-4-9(8)17(7,15)16/h1-4,7,11,14H,5-6H2,(H,12,13). The highest BCUT2D eigenvalue weighted by molar-refractivity contribution is 7.92. The Kier molecular flexibility index (Phi) is 3.03. The number of anilines is 1. The van der Waals surface area contributed by atoms with Crippen molar-refractivity contribution in [3.05, 3.63) is 24.3 Å². The van der Waals surface area contributed by atoms with Crippen molar-refractivity contribution in [2.24, 2.45) is 0 Å². The van der Waals surface area contributed by atoms with E-state index in [1.807, 2.05) is 0 Å². The molecule has 1 aromatic carbocycles. The summed E-state index contributed by atoms with van der Waals surface area (Å²) in [5.74, 6) is -0.709. The number of nitrogens with one attached hydrogen (secondary N) is 2. The van der Waals surface area contributed by atoms with E-state index in [1.54, 1.807) is 18.2 Å². The van der Waals surface area contributed by atoms with Gasteiger partial charge in [0.1, 0.15) is 0 Å². The third kappa shape index (κ3) is 2.11. The minimum atomic E-state index is -3.52. The zero-order chi connectivity index (χ0) is 12.5. The number of hydrogen-bond donors (Lipinski definition) is 3. The molecule has 1 aliphatic rings. The molecule has 0 spiro atoms. The van der Waals surface area contributed by atoms with Crippen molar-refractivity contribution in [2.75, 3.05) is 11.9 Å². The Morgan fingerprint density at radius 2 is 2.18 bits per heavy atom. The predicted molar refractivity (Wildman–Crippen MR) is 60.5 cm³/mol. The van der Waals surface area contributed by atoms with Crippen LogP contribution in [0.5, 0.6) is 0 Å². The van der Waals surface area contributed by atoms with E-state index >= 15 is 0 Å². The Balaban J connectivity index is 2.35. The van der Waals surface area contributed by atoms with Gasteiger partial charge in [-0.3, -0.25) is 10.0 Å². The van der Waals surface area contributed by atoms with Crippen molar-refractivity contribution < 1.29 is 18.4 Å². The second-order valence-corrected chi connectivity index (χ2v) is 5.98. The highest BCUT2D eigenvalue weighted by Crippen LogP contribution is 2.30. The van der Waals surface area contributed by atoms with Crippen molar-refractivity contribution in [1.29, 1.82) is 0 Å². The SMILES string of the molecule is O=C(CC1CNc2ccccc2S1(=O)=O)NO. The summed E-state index contributed by atoms with van der Waals surface area (Å²) in [5, 5.41) is 10.5. The van der Waals surface area contributed by atoms with Crippen LogP contribution in [0.3, 0.4) is 0 Å². The average Bonchev–Trinajstić information content (AvgIpc) is 2.33. The number of carbonyl (C=O) groups excluding carboxylic acids is 1. The molecule has 0 fully saturated rings. The fraction of sp³-hybridized carbons (Fsp3) is 0.300. The van der Waals surface area contributed by atoms with Crippen LogP contribution in [0.2, 0.25) is 0 Å². The van der Waals surface area contributed by atoms with Crippen LogP contribution in [-0.4, -0.2) is 31.3 Å². The Morgan fingerprint density at radius 3 is 2.88 bits per heavy atom. The van der Waals surface area contributed by atoms with Crippen LogP contribution in [0.4, 0.5) is 5.69 Å². The second-order valence-electron chi connectivity index (χ2n) is 3.78. The average molecular weight is 256 g/mol. The van der Waals surface area contributed by atoms with Gasteiger partial charge in [-0.2, -0.15) is 0 Å². The molecule has 7 heteroatoms. The minimum Gasteiger partial charge on any atom is -0.383 e. The summed E-state index contributed by atoms with van der Waals surface area (Å²) in [5.41, 5.74) is 1.99. The van der Waals surface area contributed by atoms with E-state index in [1.165, 1.54) is 11.5 Å². The molecule has 1 aliphatic heterocycles. The number of rotatable bonds is 2. The van der Waals surface area contributed by atoms with Gasteiger partial charge >= 0.3 is 0 Å². The van der Waals surface area contributed by atoms with E-state index in [0.717, 1.165) is 0 Å². The number of carbonyl (C=O) groups is 1. The Morgan fingerprint density at radius 1 is 1.47 bits per heavy atom. The van der Waals surface area contributed by atoms with Crippen LogP contribution < -0.4 is 10.8 Å². The van der Waals surface area contributed by atoms with Crippen LogP contribution in [0.1, 0.15) is 6.42 Å². The van der Waals surface area contributed by atoms with Gasteiger partial charge in [-0.15, -0.1) is 0 Å². The first-order chi connectivity index (χ1) is 8.05. The molecule has 0 bridgehead atoms. The molecule has 92 valence electrons. The van der Waals surface area contributed by atoms with E-state index in [2.05, 4.69) is 5.32 Å². The number of sulfone groups is 1. The molecule has 3 N–H and O–H groups in total. The number of para-hydroxylation sites is 1. The van der Waals surface area contributed by atoms with Gasteiger partial charge < -0.3 is 5.32 Å². The normalized spacial score (nSPS) is 21.1. The van der Waals surface area contributed by atoms with Gasteiger partial charge in [-0.25, -0.2) is 13.9 Å². The smallest absolute Gasteiger partial charge is 0.244 e. The van der Waals surface area contributed by atoms with Gasteiger partial charge in [-0.1, -0.05) is 12.1 Å². The number of amides is 1. The van der Waals surface area contributed by atoms with Crippen molar-refractivity contribution in [1.82, 2.24) is 5.48 Å². The second kappa shape index (κ2) is 4.34. The van der Waals surface area contributed by atoms with Gasteiger partial charge in [-0.05, 0) is 12.1 Å². The fourth-order valence-corrected chi connectivity index (χ4v) is 3.56. The predicted octanol–water partition coefficient (Wildman–Crippen LogP) is 0.150. The molecule has 1 amide bonds. The molecule has 0 radical (unpaired) electrons. The Labute approximate surface area is 98.5 Å². The monoisotopic (exact) mass is 256 g/mol. The quantitative estimate of drug-likeness (QED) is 0.517. The van der Waals surface area contributed by atoms with Crippen LogP contribution in [0.25, 0.3) is 0 Å². The van der Waals surface area contributed by atoms with E-state index in [0.29, 0.717) is 5.69 Å². The van der Waals surface area contributed by atoms with E-state index in [4.69, 9.17) is 5.21 Å². The van der Waals surface area contributed by atoms with Crippen LogP contribution in [-0.2, 0) is 14.6 Å². The maximum atomic E-state index is 12.2. The topological polar surface area (TPSA) is 95.5 Å². The molecular formula is C10H12N2O4S. The Bertz CT molecular complexity index is 541. The third-order valence-electron chi connectivity index (χ3n) is 2.69. The molecule has 17 heavy (non-hydrogen) atoms. The lowest BCUT2D eigenvalue weighted by Crippen LogP contribution is -2.38. The number of benzene rings is 1. The molecule has 0 aliphatic carbocycles. The van der Waals surface area contributed by atoms with E-state index in [9.17, 15) is 13.2 Å². The summed E-state index contributed by atoms with van der Waals surface area (Å²) < 4.78 is 24.3. The maximum Gasteiger partial charge on any atom is 0.244 e. The molecule has 2 rings (SSSR count).